The van der Waals surface area contributed by atoms with Gasteiger partial charge in [0.2, 0.25) is 0 Å². The highest BCUT2D eigenvalue weighted by molar-refractivity contribution is 5.17. The monoisotopic (exact) mass is 139 g/mol. The average molecular weight is 139 g/mol. The van der Waals surface area contributed by atoms with E-state index in [1.165, 1.54) is 12.1 Å². The fourth-order valence-electron chi connectivity index (χ4n) is 1.40. The number of rotatable bonds is 2. The Morgan fingerprint density at radius 3 is 2.20 bits per heavy atom. The Balaban J connectivity index is 2.55. The van der Waals surface area contributed by atoms with Gasteiger partial charge in [0.1, 0.15) is 0 Å². The number of allylic oxidation sites excluding steroid dienone is 2. The first-order valence-corrected chi connectivity index (χ1v) is 4.02. The summed E-state index contributed by atoms with van der Waals surface area (Å²) in [6, 6.07) is 0. The van der Waals surface area contributed by atoms with Crippen molar-refractivity contribution in [2.24, 2.45) is 11.8 Å². The second-order valence-corrected chi connectivity index (χ2v) is 3.38. The van der Waals surface area contributed by atoms with Gasteiger partial charge in [0.15, 0.2) is 0 Å². The molecule has 0 aromatic carbocycles. The van der Waals surface area contributed by atoms with Crippen LogP contribution in [0.1, 0.15) is 27.2 Å². The van der Waals surface area contributed by atoms with Gasteiger partial charge >= 0.3 is 0 Å². The first-order chi connectivity index (χ1) is 4.66. The Kier molecular flexibility index (Phi) is 2.02. The van der Waals surface area contributed by atoms with Gasteiger partial charge in [-0.1, -0.05) is 12.5 Å². The van der Waals surface area contributed by atoms with Crippen LogP contribution in [-0.2, 0) is 0 Å². The van der Waals surface area contributed by atoms with Crippen LogP contribution in [0.5, 0.6) is 0 Å². The standard InChI is InChI=1S/C9H17N/c1-6-5-9(6)7(2)8(3)10-4/h6,9-10H,5H2,1-4H3/b8-7+. The van der Waals surface area contributed by atoms with Crippen LogP contribution in [0.2, 0.25) is 0 Å². The fraction of sp³-hybridized carbons (Fsp3) is 0.778. The summed E-state index contributed by atoms with van der Waals surface area (Å²) in [5.74, 6) is 1.82. The second-order valence-electron chi connectivity index (χ2n) is 3.38. The summed E-state index contributed by atoms with van der Waals surface area (Å²) in [5.41, 5.74) is 2.91. The number of hydrogen-bond acceptors (Lipinski definition) is 1. The third-order valence-electron chi connectivity index (χ3n) is 2.63. The van der Waals surface area contributed by atoms with Crippen LogP contribution in [-0.4, -0.2) is 7.05 Å². The van der Waals surface area contributed by atoms with E-state index >= 15 is 0 Å². The highest BCUT2D eigenvalue weighted by Crippen LogP contribution is 2.43. The SMILES string of the molecule is CN/C(C)=C(\C)C1CC1C. The zero-order valence-electron chi connectivity index (χ0n) is 7.36. The molecule has 0 heterocycles. The maximum atomic E-state index is 3.19. The molecule has 0 bridgehead atoms. The molecule has 1 saturated carbocycles. The smallest absolute Gasteiger partial charge is 0.00644 e. The summed E-state index contributed by atoms with van der Waals surface area (Å²) in [6.45, 7) is 6.71. The van der Waals surface area contributed by atoms with Crippen molar-refractivity contribution in [2.45, 2.75) is 27.2 Å². The molecule has 0 radical (unpaired) electrons. The van der Waals surface area contributed by atoms with E-state index < -0.39 is 0 Å². The first kappa shape index (κ1) is 7.64. The van der Waals surface area contributed by atoms with Gasteiger partial charge < -0.3 is 5.32 Å². The topological polar surface area (TPSA) is 12.0 Å². The van der Waals surface area contributed by atoms with E-state index in [0.29, 0.717) is 0 Å². The van der Waals surface area contributed by atoms with E-state index in [4.69, 9.17) is 0 Å². The Hall–Kier alpha value is -0.460. The van der Waals surface area contributed by atoms with E-state index in [1.54, 1.807) is 5.57 Å². The Morgan fingerprint density at radius 2 is 1.90 bits per heavy atom. The molecule has 1 N–H and O–H groups in total. The van der Waals surface area contributed by atoms with Crippen molar-refractivity contribution in [3.05, 3.63) is 11.3 Å². The maximum Gasteiger partial charge on any atom is 0.00644 e. The molecule has 10 heavy (non-hydrogen) atoms. The van der Waals surface area contributed by atoms with Crippen molar-refractivity contribution in [3.63, 3.8) is 0 Å². The summed E-state index contributed by atoms with van der Waals surface area (Å²) in [5, 5.41) is 3.19. The molecule has 0 spiro atoms. The average Bonchev–Trinajstić information content (AvgIpc) is 2.63. The van der Waals surface area contributed by atoms with Crippen LogP contribution < -0.4 is 5.32 Å². The lowest BCUT2D eigenvalue weighted by molar-refractivity contribution is 0.816. The molecule has 58 valence electrons. The Morgan fingerprint density at radius 1 is 1.40 bits per heavy atom. The number of nitrogens with one attached hydrogen (secondary N) is 1. The quantitative estimate of drug-likeness (QED) is 0.618. The normalized spacial score (nSPS) is 33.2. The van der Waals surface area contributed by atoms with Crippen LogP contribution in [0.3, 0.4) is 0 Å². The van der Waals surface area contributed by atoms with Gasteiger partial charge in [0.05, 0.1) is 0 Å². The van der Waals surface area contributed by atoms with Crippen molar-refractivity contribution < 1.29 is 0 Å². The predicted molar refractivity (Wildman–Crippen MR) is 44.7 cm³/mol. The van der Waals surface area contributed by atoms with Gasteiger partial charge in [-0.2, -0.15) is 0 Å². The maximum absolute atomic E-state index is 3.19. The molecule has 0 aromatic heterocycles. The molecule has 1 aliphatic carbocycles. The van der Waals surface area contributed by atoms with E-state index in [1.807, 2.05) is 7.05 Å². The molecule has 2 unspecified atom stereocenters. The Labute approximate surface area is 63.5 Å². The summed E-state index contributed by atoms with van der Waals surface area (Å²) in [7, 11) is 1.99. The van der Waals surface area contributed by atoms with Gasteiger partial charge in [-0.25, -0.2) is 0 Å². The molecule has 1 rings (SSSR count). The lowest BCUT2D eigenvalue weighted by Gasteiger charge is -2.04. The second kappa shape index (κ2) is 2.65. The highest BCUT2D eigenvalue weighted by Gasteiger charge is 2.34. The first-order valence-electron chi connectivity index (χ1n) is 4.02. The molecular weight excluding hydrogens is 122 g/mol. The fourth-order valence-corrected chi connectivity index (χ4v) is 1.40. The van der Waals surface area contributed by atoms with Gasteiger partial charge in [-0.05, 0) is 32.1 Å². The van der Waals surface area contributed by atoms with Crippen molar-refractivity contribution in [2.75, 3.05) is 7.05 Å². The molecular formula is C9H17N. The van der Waals surface area contributed by atoms with Gasteiger partial charge in [0.25, 0.3) is 0 Å². The van der Waals surface area contributed by atoms with Crippen LogP contribution in [0.25, 0.3) is 0 Å². The van der Waals surface area contributed by atoms with Gasteiger partial charge in [-0.15, -0.1) is 0 Å². The third-order valence-corrected chi connectivity index (χ3v) is 2.63. The molecule has 0 amide bonds. The van der Waals surface area contributed by atoms with Crippen LogP contribution in [0, 0.1) is 11.8 Å². The van der Waals surface area contributed by atoms with E-state index in [0.717, 1.165) is 11.8 Å². The molecule has 1 aliphatic rings. The molecule has 2 atom stereocenters. The third kappa shape index (κ3) is 1.34. The molecule has 1 heteroatoms. The van der Waals surface area contributed by atoms with Crippen molar-refractivity contribution in [1.29, 1.82) is 0 Å². The highest BCUT2D eigenvalue weighted by atomic mass is 14.8. The zero-order chi connectivity index (χ0) is 7.72. The molecule has 0 saturated heterocycles. The lowest BCUT2D eigenvalue weighted by Crippen LogP contribution is -2.05. The molecule has 1 nitrogen and oxygen atoms in total. The molecule has 1 fully saturated rings. The van der Waals surface area contributed by atoms with E-state index in [-0.39, 0.29) is 0 Å². The predicted octanol–water partition coefficient (Wildman–Crippen LogP) is 2.16. The van der Waals surface area contributed by atoms with Gasteiger partial charge in [0, 0.05) is 12.7 Å². The molecule has 0 aromatic rings. The van der Waals surface area contributed by atoms with E-state index in [9.17, 15) is 0 Å². The van der Waals surface area contributed by atoms with Gasteiger partial charge in [-0.3, -0.25) is 0 Å². The molecule has 0 aliphatic heterocycles. The van der Waals surface area contributed by atoms with Crippen molar-refractivity contribution in [1.82, 2.24) is 5.32 Å². The Bertz CT molecular complexity index is 158. The number of hydrogen-bond donors (Lipinski definition) is 1. The van der Waals surface area contributed by atoms with E-state index in [2.05, 4.69) is 26.1 Å². The van der Waals surface area contributed by atoms with Crippen LogP contribution in [0.4, 0.5) is 0 Å². The van der Waals surface area contributed by atoms with Crippen molar-refractivity contribution in [3.8, 4) is 0 Å². The minimum atomic E-state index is 0.882. The zero-order valence-corrected chi connectivity index (χ0v) is 7.36. The minimum absolute atomic E-state index is 0.882. The largest absolute Gasteiger partial charge is 0.392 e. The summed E-state index contributed by atoms with van der Waals surface area (Å²) < 4.78 is 0. The minimum Gasteiger partial charge on any atom is -0.392 e. The van der Waals surface area contributed by atoms with Crippen LogP contribution in [0.15, 0.2) is 11.3 Å². The lowest BCUT2D eigenvalue weighted by atomic mass is 10.1. The summed E-state index contributed by atoms with van der Waals surface area (Å²) in [4.78, 5) is 0. The van der Waals surface area contributed by atoms with Crippen LogP contribution >= 0.6 is 0 Å². The summed E-state index contributed by atoms with van der Waals surface area (Å²) >= 11 is 0. The van der Waals surface area contributed by atoms with Crippen molar-refractivity contribution >= 4 is 0 Å². The summed E-state index contributed by atoms with van der Waals surface area (Å²) in [6.07, 6.45) is 1.39.